The van der Waals surface area contributed by atoms with Gasteiger partial charge in [0.1, 0.15) is 11.6 Å². The summed E-state index contributed by atoms with van der Waals surface area (Å²) < 4.78 is 6.36. The van der Waals surface area contributed by atoms with Gasteiger partial charge >= 0.3 is 5.97 Å². The lowest BCUT2D eigenvalue weighted by atomic mass is 9.66. The summed E-state index contributed by atoms with van der Waals surface area (Å²) in [6, 6.07) is -1.71. The van der Waals surface area contributed by atoms with Crippen molar-refractivity contribution in [1.29, 1.82) is 0 Å². The number of ether oxygens (including phenoxy) is 1. The number of hydrogen-bond donors (Lipinski definition) is 2. The molecule has 3 aliphatic heterocycles. The normalized spacial score (nSPS) is 35.8. The number of aliphatic carboxylic acids is 1. The van der Waals surface area contributed by atoms with Crippen LogP contribution in [0.4, 0.5) is 0 Å². The van der Waals surface area contributed by atoms with Crippen molar-refractivity contribution in [3.8, 4) is 0 Å². The third kappa shape index (κ3) is 2.99. The number of carbonyl (C=O) groups excluding carboxylic acids is 2. The van der Waals surface area contributed by atoms with Crippen molar-refractivity contribution < 1.29 is 29.3 Å². The largest absolute Gasteiger partial charge is 0.481 e. The van der Waals surface area contributed by atoms with Gasteiger partial charge in [-0.15, -0.1) is 6.58 Å². The molecule has 3 heterocycles. The van der Waals surface area contributed by atoms with Gasteiger partial charge in [0.25, 0.3) is 0 Å². The number of aliphatic hydroxyl groups is 1. The summed E-state index contributed by atoms with van der Waals surface area (Å²) in [5.41, 5.74) is -2.17. The molecule has 0 aromatic heterocycles. The highest BCUT2D eigenvalue weighted by Crippen LogP contribution is 2.63. The lowest BCUT2D eigenvalue weighted by Gasteiger charge is -2.41. The maximum Gasteiger partial charge on any atom is 0.310 e. The van der Waals surface area contributed by atoms with Crippen LogP contribution in [0.15, 0.2) is 12.7 Å². The lowest BCUT2D eigenvalue weighted by Crippen LogP contribution is -2.60. The minimum absolute atomic E-state index is 0.118. The van der Waals surface area contributed by atoms with Crippen LogP contribution in [0.2, 0.25) is 0 Å². The van der Waals surface area contributed by atoms with E-state index in [4.69, 9.17) is 4.74 Å². The van der Waals surface area contributed by atoms with Gasteiger partial charge in [-0.3, -0.25) is 14.4 Å². The molecular weight excluding hydrogens is 388 g/mol. The first-order valence-electron chi connectivity index (χ1n) is 10.7. The van der Waals surface area contributed by atoms with E-state index in [9.17, 15) is 24.6 Å². The number of likely N-dealkylation sites (tertiary alicyclic amines) is 1. The molecule has 3 saturated heterocycles. The smallest absolute Gasteiger partial charge is 0.310 e. The second kappa shape index (κ2) is 7.64. The molecule has 8 heteroatoms. The van der Waals surface area contributed by atoms with Gasteiger partial charge in [-0.25, -0.2) is 0 Å². The number of amides is 2. The van der Waals surface area contributed by atoms with Gasteiger partial charge in [0.2, 0.25) is 11.8 Å². The molecule has 6 atom stereocenters. The van der Waals surface area contributed by atoms with E-state index in [0.29, 0.717) is 19.4 Å². The molecule has 2 unspecified atom stereocenters. The Morgan fingerprint density at radius 1 is 1.33 bits per heavy atom. The molecule has 2 bridgehead atoms. The third-order valence-electron chi connectivity index (χ3n) is 7.26. The molecule has 0 aliphatic carbocycles. The number of aliphatic hydroxyl groups excluding tert-OH is 1. The van der Waals surface area contributed by atoms with Crippen molar-refractivity contribution in [2.75, 3.05) is 13.2 Å². The summed E-state index contributed by atoms with van der Waals surface area (Å²) >= 11 is 0. The average Bonchev–Trinajstić information content (AvgIpc) is 3.21. The number of carboxylic acid groups (broad SMARTS) is 1. The van der Waals surface area contributed by atoms with Crippen LogP contribution in [0.5, 0.6) is 0 Å². The quantitative estimate of drug-likeness (QED) is 0.571. The Hall–Kier alpha value is -1.93. The zero-order valence-corrected chi connectivity index (χ0v) is 18.5. The number of carboxylic acids is 1. The number of carbonyl (C=O) groups is 3. The van der Waals surface area contributed by atoms with Gasteiger partial charge in [0, 0.05) is 12.6 Å². The van der Waals surface area contributed by atoms with Crippen molar-refractivity contribution >= 4 is 17.8 Å². The minimum atomic E-state index is -1.19. The molecule has 2 amide bonds. The molecular formula is C22H34N2O6. The summed E-state index contributed by atoms with van der Waals surface area (Å²) in [5, 5.41) is 20.0. The first kappa shape index (κ1) is 22.7. The van der Waals surface area contributed by atoms with Crippen LogP contribution in [0, 0.1) is 17.8 Å². The van der Waals surface area contributed by atoms with Crippen LogP contribution in [0.1, 0.15) is 47.5 Å². The van der Waals surface area contributed by atoms with Crippen LogP contribution in [0.25, 0.3) is 0 Å². The Morgan fingerprint density at radius 2 is 1.97 bits per heavy atom. The second-order valence-electron chi connectivity index (χ2n) is 9.68. The van der Waals surface area contributed by atoms with Crippen LogP contribution in [0.3, 0.4) is 0 Å². The number of fused-ring (bicyclic) bond motifs is 1. The molecule has 2 N–H and O–H groups in total. The average molecular weight is 423 g/mol. The predicted octanol–water partition coefficient (Wildman–Crippen LogP) is 1.28. The monoisotopic (exact) mass is 422 g/mol. The van der Waals surface area contributed by atoms with Crippen molar-refractivity contribution in [3.63, 3.8) is 0 Å². The van der Waals surface area contributed by atoms with E-state index in [1.807, 2.05) is 27.7 Å². The molecule has 0 saturated carbocycles. The Morgan fingerprint density at radius 3 is 2.43 bits per heavy atom. The summed E-state index contributed by atoms with van der Waals surface area (Å²) in [6.07, 6.45) is 2.54. The van der Waals surface area contributed by atoms with E-state index in [0.717, 1.165) is 0 Å². The minimum Gasteiger partial charge on any atom is -0.481 e. The molecule has 1 spiro atoms. The zero-order valence-electron chi connectivity index (χ0n) is 18.5. The van der Waals surface area contributed by atoms with E-state index in [1.165, 1.54) is 4.90 Å². The van der Waals surface area contributed by atoms with Gasteiger partial charge in [-0.1, -0.05) is 19.9 Å². The van der Waals surface area contributed by atoms with Gasteiger partial charge in [0.15, 0.2) is 0 Å². The Kier molecular flexibility index (Phi) is 5.79. The highest BCUT2D eigenvalue weighted by Gasteiger charge is 2.79. The van der Waals surface area contributed by atoms with Crippen LogP contribution in [-0.2, 0) is 19.1 Å². The van der Waals surface area contributed by atoms with Gasteiger partial charge in [-0.05, 0) is 39.5 Å². The molecule has 30 heavy (non-hydrogen) atoms. The van der Waals surface area contributed by atoms with E-state index in [2.05, 4.69) is 6.58 Å². The molecule has 3 aliphatic rings. The molecule has 168 valence electrons. The standard InChI is InChI=1S/C22H34N2O6/c1-7-10-23(13(4)5)19(27)17-22-9-8-21(6,30-22)16(20(28)29)15(22)18(26)24(17)14(11-25)12(2)3/h7,12-17,25H,1,8-11H2,2-6H3,(H,28,29)/t14-,15-,16-,17?,21+,22?/m0/s1. The fourth-order valence-electron chi connectivity index (χ4n) is 5.85. The fraction of sp³-hybridized carbons (Fsp3) is 0.773. The highest BCUT2D eigenvalue weighted by molar-refractivity contribution is 5.98. The van der Waals surface area contributed by atoms with Crippen molar-refractivity contribution in [1.82, 2.24) is 9.80 Å². The van der Waals surface area contributed by atoms with E-state index in [-0.39, 0.29) is 24.5 Å². The molecule has 0 aromatic carbocycles. The Bertz CT molecular complexity index is 752. The van der Waals surface area contributed by atoms with Crippen LogP contribution in [-0.4, -0.2) is 80.3 Å². The predicted molar refractivity (Wildman–Crippen MR) is 109 cm³/mol. The summed E-state index contributed by atoms with van der Waals surface area (Å²) in [5.74, 6) is -3.84. The number of nitrogens with zero attached hydrogens (tertiary/aromatic N) is 2. The second-order valence-corrected chi connectivity index (χ2v) is 9.68. The highest BCUT2D eigenvalue weighted by atomic mass is 16.5. The van der Waals surface area contributed by atoms with Gasteiger partial charge < -0.3 is 24.7 Å². The maximum absolute atomic E-state index is 13.9. The third-order valence-corrected chi connectivity index (χ3v) is 7.26. The van der Waals surface area contributed by atoms with Crippen molar-refractivity contribution in [2.45, 2.75) is 76.8 Å². The topological polar surface area (TPSA) is 107 Å². The zero-order chi connectivity index (χ0) is 22.6. The molecule has 3 rings (SSSR count). The molecule has 0 radical (unpaired) electrons. The number of rotatable bonds is 8. The van der Waals surface area contributed by atoms with Gasteiger partial charge in [0.05, 0.1) is 30.1 Å². The summed E-state index contributed by atoms with van der Waals surface area (Å²) in [7, 11) is 0. The van der Waals surface area contributed by atoms with Crippen LogP contribution < -0.4 is 0 Å². The van der Waals surface area contributed by atoms with Crippen LogP contribution >= 0.6 is 0 Å². The molecule has 3 fully saturated rings. The first-order chi connectivity index (χ1) is 14.0. The fourth-order valence-corrected chi connectivity index (χ4v) is 5.85. The summed E-state index contributed by atoms with van der Waals surface area (Å²) in [4.78, 5) is 42.8. The van der Waals surface area contributed by atoms with Crippen molar-refractivity contribution in [3.05, 3.63) is 12.7 Å². The molecule has 8 nitrogen and oxygen atoms in total. The Labute approximate surface area is 177 Å². The van der Waals surface area contributed by atoms with E-state index < -0.39 is 47.0 Å². The molecule has 0 aromatic rings. The SMILES string of the molecule is C=CCN(C(=O)C1N([C@@H](CO)C(C)C)C(=O)[C@@H]2[C@@H](C(=O)O)[C@@]3(C)CCC12O3)C(C)C. The number of hydrogen-bond acceptors (Lipinski definition) is 5. The first-order valence-corrected chi connectivity index (χ1v) is 10.7. The van der Waals surface area contributed by atoms with Crippen molar-refractivity contribution in [2.24, 2.45) is 17.8 Å². The van der Waals surface area contributed by atoms with E-state index in [1.54, 1.807) is 17.9 Å². The summed E-state index contributed by atoms with van der Waals surface area (Å²) in [6.45, 7) is 13.0. The van der Waals surface area contributed by atoms with Gasteiger partial charge in [-0.2, -0.15) is 0 Å². The lowest BCUT2D eigenvalue weighted by molar-refractivity contribution is -0.160. The Balaban J connectivity index is 2.17. The van der Waals surface area contributed by atoms with E-state index >= 15 is 0 Å². The maximum atomic E-state index is 13.9.